The Hall–Kier alpha value is -1.67. The first kappa shape index (κ1) is 18.7. The SMILES string of the molecule is O=C(Nc1ncc(C2CCNCC2)s1)C1CCN(C(=O)N2CCCC2)CC1. The minimum absolute atomic E-state index is 0.0288. The molecule has 148 valence electrons. The summed E-state index contributed by atoms with van der Waals surface area (Å²) in [5, 5.41) is 7.10. The van der Waals surface area contributed by atoms with Crippen LogP contribution in [-0.4, -0.2) is 66.0 Å². The molecule has 0 spiro atoms. The molecule has 7 nitrogen and oxygen atoms in total. The Morgan fingerprint density at radius 3 is 2.41 bits per heavy atom. The van der Waals surface area contributed by atoms with E-state index in [2.05, 4.69) is 15.6 Å². The van der Waals surface area contributed by atoms with Crippen LogP contribution < -0.4 is 10.6 Å². The lowest BCUT2D eigenvalue weighted by molar-refractivity contribution is -0.121. The summed E-state index contributed by atoms with van der Waals surface area (Å²) >= 11 is 1.61. The average Bonchev–Trinajstić information content (AvgIpc) is 3.40. The Kier molecular flexibility index (Phi) is 5.92. The number of hydrogen-bond donors (Lipinski definition) is 2. The number of thiazole rings is 1. The summed E-state index contributed by atoms with van der Waals surface area (Å²) in [5.74, 6) is 0.586. The number of nitrogens with zero attached hydrogens (tertiary/aromatic N) is 3. The maximum Gasteiger partial charge on any atom is 0.319 e. The van der Waals surface area contributed by atoms with Crippen LogP contribution in [0.3, 0.4) is 0 Å². The molecule has 0 aliphatic carbocycles. The van der Waals surface area contributed by atoms with Gasteiger partial charge in [0.25, 0.3) is 0 Å². The van der Waals surface area contributed by atoms with Gasteiger partial charge >= 0.3 is 6.03 Å². The predicted octanol–water partition coefficient (Wildman–Crippen LogP) is 2.48. The molecule has 0 bridgehead atoms. The van der Waals surface area contributed by atoms with Gasteiger partial charge in [-0.3, -0.25) is 4.79 Å². The van der Waals surface area contributed by atoms with Gasteiger partial charge in [0.05, 0.1) is 0 Å². The highest BCUT2D eigenvalue weighted by atomic mass is 32.1. The number of anilines is 1. The fourth-order valence-electron chi connectivity index (χ4n) is 4.29. The lowest BCUT2D eigenvalue weighted by Crippen LogP contribution is -2.47. The Balaban J connectivity index is 1.26. The molecule has 3 amide bonds. The molecule has 0 unspecified atom stereocenters. The van der Waals surface area contributed by atoms with Gasteiger partial charge < -0.3 is 20.4 Å². The van der Waals surface area contributed by atoms with Gasteiger partial charge in [0.15, 0.2) is 5.13 Å². The van der Waals surface area contributed by atoms with E-state index in [-0.39, 0.29) is 17.9 Å². The summed E-state index contributed by atoms with van der Waals surface area (Å²) in [6.07, 6.45) is 7.89. The van der Waals surface area contributed by atoms with Gasteiger partial charge in [-0.15, -0.1) is 11.3 Å². The third kappa shape index (κ3) is 4.43. The molecule has 1 aromatic heterocycles. The highest BCUT2D eigenvalue weighted by Gasteiger charge is 2.31. The van der Waals surface area contributed by atoms with E-state index in [0.29, 0.717) is 24.1 Å². The lowest BCUT2D eigenvalue weighted by atomic mass is 9.96. The minimum Gasteiger partial charge on any atom is -0.325 e. The number of carbonyl (C=O) groups excluding carboxylic acids is 2. The number of piperidine rings is 2. The van der Waals surface area contributed by atoms with Crippen LogP contribution >= 0.6 is 11.3 Å². The van der Waals surface area contributed by atoms with Crippen molar-refractivity contribution in [2.75, 3.05) is 44.6 Å². The summed E-state index contributed by atoms with van der Waals surface area (Å²) in [6, 6.07) is 0.151. The van der Waals surface area contributed by atoms with Gasteiger partial charge in [-0.2, -0.15) is 0 Å². The first-order chi connectivity index (χ1) is 13.2. The molecule has 4 heterocycles. The van der Waals surface area contributed by atoms with Crippen molar-refractivity contribution in [1.29, 1.82) is 0 Å². The summed E-state index contributed by atoms with van der Waals surface area (Å²) in [6.45, 7) is 5.21. The van der Waals surface area contributed by atoms with E-state index in [4.69, 9.17) is 0 Å². The number of urea groups is 1. The zero-order chi connectivity index (χ0) is 18.6. The number of aromatic nitrogens is 1. The lowest BCUT2D eigenvalue weighted by Gasteiger charge is -2.33. The number of nitrogens with one attached hydrogen (secondary N) is 2. The van der Waals surface area contributed by atoms with Crippen LogP contribution in [0, 0.1) is 5.92 Å². The number of carbonyl (C=O) groups is 2. The van der Waals surface area contributed by atoms with Gasteiger partial charge in [-0.25, -0.2) is 9.78 Å². The fourth-order valence-corrected chi connectivity index (χ4v) is 5.28. The van der Waals surface area contributed by atoms with Crippen LogP contribution in [0.25, 0.3) is 0 Å². The molecular weight excluding hydrogens is 362 g/mol. The molecule has 0 saturated carbocycles. The average molecular weight is 392 g/mol. The Morgan fingerprint density at radius 1 is 1.04 bits per heavy atom. The van der Waals surface area contributed by atoms with E-state index in [9.17, 15) is 9.59 Å². The molecule has 8 heteroatoms. The van der Waals surface area contributed by atoms with Crippen molar-refractivity contribution in [2.24, 2.45) is 5.92 Å². The molecule has 1 aromatic rings. The molecule has 27 heavy (non-hydrogen) atoms. The maximum atomic E-state index is 12.6. The molecule has 0 atom stereocenters. The Bertz CT molecular complexity index is 659. The summed E-state index contributed by atoms with van der Waals surface area (Å²) in [7, 11) is 0. The second-order valence-corrected chi connectivity index (χ2v) is 8.88. The zero-order valence-corrected chi connectivity index (χ0v) is 16.6. The monoisotopic (exact) mass is 391 g/mol. The van der Waals surface area contributed by atoms with Crippen molar-refractivity contribution in [3.8, 4) is 0 Å². The van der Waals surface area contributed by atoms with E-state index in [1.807, 2.05) is 16.0 Å². The second-order valence-electron chi connectivity index (χ2n) is 7.82. The largest absolute Gasteiger partial charge is 0.325 e. The molecule has 4 rings (SSSR count). The van der Waals surface area contributed by atoms with E-state index in [0.717, 1.165) is 64.7 Å². The van der Waals surface area contributed by atoms with Gasteiger partial charge in [0.1, 0.15) is 0 Å². The minimum atomic E-state index is -0.0288. The molecule has 3 aliphatic rings. The quantitative estimate of drug-likeness (QED) is 0.830. The summed E-state index contributed by atoms with van der Waals surface area (Å²) in [4.78, 5) is 34.6. The van der Waals surface area contributed by atoms with Crippen LogP contribution in [0.1, 0.15) is 49.3 Å². The molecule has 3 fully saturated rings. The highest BCUT2D eigenvalue weighted by molar-refractivity contribution is 7.15. The maximum absolute atomic E-state index is 12.6. The summed E-state index contributed by atoms with van der Waals surface area (Å²) < 4.78 is 0. The van der Waals surface area contributed by atoms with Crippen molar-refractivity contribution in [2.45, 2.75) is 44.4 Å². The zero-order valence-electron chi connectivity index (χ0n) is 15.8. The number of rotatable bonds is 3. The first-order valence-electron chi connectivity index (χ1n) is 10.2. The van der Waals surface area contributed by atoms with Crippen molar-refractivity contribution in [1.82, 2.24) is 20.1 Å². The second kappa shape index (κ2) is 8.56. The van der Waals surface area contributed by atoms with Crippen LogP contribution in [0.15, 0.2) is 6.20 Å². The van der Waals surface area contributed by atoms with E-state index >= 15 is 0 Å². The predicted molar refractivity (Wildman–Crippen MR) is 106 cm³/mol. The van der Waals surface area contributed by atoms with Crippen molar-refractivity contribution < 1.29 is 9.59 Å². The summed E-state index contributed by atoms with van der Waals surface area (Å²) in [5.41, 5.74) is 0. The molecule has 2 N–H and O–H groups in total. The smallest absolute Gasteiger partial charge is 0.319 e. The molecule has 3 aliphatic heterocycles. The van der Waals surface area contributed by atoms with Crippen LogP contribution in [0.2, 0.25) is 0 Å². The third-order valence-corrected chi connectivity index (χ3v) is 7.08. The standard InChI is InChI=1S/C19H29N5O2S/c25-17(22-18-21-13-16(27-18)14-3-7-20-8-4-14)15-5-11-24(12-6-15)19(26)23-9-1-2-10-23/h13-15,20H,1-12H2,(H,21,22,25). The van der Waals surface area contributed by atoms with Crippen LogP contribution in [-0.2, 0) is 4.79 Å². The van der Waals surface area contributed by atoms with Crippen molar-refractivity contribution in [3.63, 3.8) is 0 Å². The van der Waals surface area contributed by atoms with E-state index < -0.39 is 0 Å². The fraction of sp³-hybridized carbons (Fsp3) is 0.737. The molecule has 3 saturated heterocycles. The van der Waals surface area contributed by atoms with Crippen LogP contribution in [0.5, 0.6) is 0 Å². The third-order valence-electron chi connectivity index (χ3n) is 6.01. The van der Waals surface area contributed by atoms with Gasteiger partial charge in [0, 0.05) is 43.2 Å². The van der Waals surface area contributed by atoms with E-state index in [1.54, 1.807) is 11.3 Å². The number of hydrogen-bond acceptors (Lipinski definition) is 5. The van der Waals surface area contributed by atoms with Crippen LogP contribution in [0.4, 0.5) is 9.93 Å². The normalized spacial score (nSPS) is 22.2. The first-order valence-corrected chi connectivity index (χ1v) is 11.0. The Labute approximate surface area is 164 Å². The molecule has 0 radical (unpaired) electrons. The topological polar surface area (TPSA) is 77.6 Å². The van der Waals surface area contributed by atoms with Gasteiger partial charge in [-0.05, 0) is 57.5 Å². The number of amides is 3. The Morgan fingerprint density at radius 2 is 1.70 bits per heavy atom. The van der Waals surface area contributed by atoms with Gasteiger partial charge in [-0.1, -0.05) is 0 Å². The van der Waals surface area contributed by atoms with Gasteiger partial charge in [0.2, 0.25) is 5.91 Å². The van der Waals surface area contributed by atoms with E-state index in [1.165, 1.54) is 4.88 Å². The highest BCUT2D eigenvalue weighted by Crippen LogP contribution is 2.32. The van der Waals surface area contributed by atoms with Crippen molar-refractivity contribution >= 4 is 28.4 Å². The number of likely N-dealkylation sites (tertiary alicyclic amines) is 2. The molecular formula is C19H29N5O2S. The molecule has 0 aromatic carbocycles. The van der Waals surface area contributed by atoms with Crippen molar-refractivity contribution in [3.05, 3.63) is 11.1 Å².